The molecule has 0 spiro atoms. The maximum absolute atomic E-state index is 12.4. The predicted molar refractivity (Wildman–Crippen MR) is 114 cm³/mol. The Kier molecular flexibility index (Phi) is 7.43. The largest absolute Gasteiger partial charge is 0.339 e. The van der Waals surface area contributed by atoms with Crippen molar-refractivity contribution in [2.24, 2.45) is 5.92 Å². The molecule has 0 N–H and O–H groups in total. The Morgan fingerprint density at radius 3 is 2.45 bits per heavy atom. The molecule has 1 aromatic carbocycles. The lowest BCUT2D eigenvalue weighted by molar-refractivity contribution is 0.185. The number of piperazine rings is 1. The molecule has 0 unspecified atom stereocenters. The van der Waals surface area contributed by atoms with Gasteiger partial charge < -0.3 is 9.42 Å². The Morgan fingerprint density at radius 2 is 1.79 bits per heavy atom. The Balaban J connectivity index is 1.40. The van der Waals surface area contributed by atoms with E-state index in [1.54, 1.807) is 4.31 Å². The molecule has 0 amide bonds. The molecular weight excluding hydrogens is 388 g/mol. The maximum atomic E-state index is 12.4. The molecule has 1 aliphatic heterocycles. The van der Waals surface area contributed by atoms with Crippen LogP contribution in [0.2, 0.25) is 0 Å². The van der Waals surface area contributed by atoms with Crippen molar-refractivity contribution < 1.29 is 12.9 Å². The first kappa shape index (κ1) is 21.9. The van der Waals surface area contributed by atoms with E-state index in [0.29, 0.717) is 30.7 Å². The summed E-state index contributed by atoms with van der Waals surface area (Å²) in [6.07, 6.45) is 2.36. The molecule has 0 atom stereocenters. The van der Waals surface area contributed by atoms with Crippen molar-refractivity contribution in [1.82, 2.24) is 19.3 Å². The van der Waals surface area contributed by atoms with E-state index >= 15 is 0 Å². The number of nitrogens with zero attached hydrogens (tertiary/aromatic N) is 4. The lowest BCUT2D eigenvalue weighted by atomic mass is 10.1. The van der Waals surface area contributed by atoms with Crippen LogP contribution in [0.25, 0.3) is 11.4 Å². The second-order valence-electron chi connectivity index (χ2n) is 8.22. The van der Waals surface area contributed by atoms with Gasteiger partial charge in [0.15, 0.2) is 0 Å². The molecule has 0 bridgehead atoms. The molecule has 2 aromatic rings. The van der Waals surface area contributed by atoms with Gasteiger partial charge in [0.1, 0.15) is 0 Å². The van der Waals surface area contributed by atoms with Crippen molar-refractivity contribution in [3.05, 3.63) is 35.7 Å². The molecule has 0 aliphatic carbocycles. The third-order valence-electron chi connectivity index (χ3n) is 5.32. The van der Waals surface area contributed by atoms with Crippen LogP contribution >= 0.6 is 0 Å². The summed E-state index contributed by atoms with van der Waals surface area (Å²) in [6.45, 7) is 9.78. The second-order valence-corrected chi connectivity index (χ2v) is 10.3. The normalized spacial score (nSPS) is 16.6. The van der Waals surface area contributed by atoms with Crippen molar-refractivity contribution in [3.8, 4) is 11.4 Å². The summed E-state index contributed by atoms with van der Waals surface area (Å²) in [5.74, 6) is 1.93. The average molecular weight is 421 g/mol. The van der Waals surface area contributed by atoms with Gasteiger partial charge >= 0.3 is 0 Å². The van der Waals surface area contributed by atoms with Gasteiger partial charge in [-0.1, -0.05) is 48.8 Å². The molecule has 1 fully saturated rings. The molecule has 3 rings (SSSR count). The van der Waals surface area contributed by atoms with Crippen molar-refractivity contribution >= 4 is 10.0 Å². The molecular formula is C21H32N4O3S. The molecule has 0 radical (unpaired) electrons. The topological polar surface area (TPSA) is 79.5 Å². The predicted octanol–water partition coefficient (Wildman–Crippen LogP) is 2.97. The van der Waals surface area contributed by atoms with Gasteiger partial charge in [-0.25, -0.2) is 8.42 Å². The molecule has 1 saturated heterocycles. The Morgan fingerprint density at radius 1 is 1.10 bits per heavy atom. The number of aryl methyl sites for hydroxylation is 2. The molecule has 29 heavy (non-hydrogen) atoms. The summed E-state index contributed by atoms with van der Waals surface area (Å²) >= 11 is 0. The summed E-state index contributed by atoms with van der Waals surface area (Å²) in [7, 11) is -3.12. The summed E-state index contributed by atoms with van der Waals surface area (Å²) in [5, 5.41) is 4.08. The summed E-state index contributed by atoms with van der Waals surface area (Å²) in [4.78, 5) is 6.80. The number of rotatable bonds is 9. The van der Waals surface area contributed by atoms with Crippen LogP contribution in [0.1, 0.15) is 38.1 Å². The van der Waals surface area contributed by atoms with Crippen LogP contribution in [0, 0.1) is 12.8 Å². The van der Waals surface area contributed by atoms with E-state index in [1.807, 2.05) is 31.2 Å². The van der Waals surface area contributed by atoms with Crippen molar-refractivity contribution in [1.29, 1.82) is 0 Å². The number of hydrogen-bond acceptors (Lipinski definition) is 6. The van der Waals surface area contributed by atoms with Crippen molar-refractivity contribution in [3.63, 3.8) is 0 Å². The number of sulfonamides is 1. The maximum Gasteiger partial charge on any atom is 0.227 e. The molecule has 1 aromatic heterocycles. The first-order valence-electron chi connectivity index (χ1n) is 10.4. The molecule has 0 saturated carbocycles. The van der Waals surface area contributed by atoms with Gasteiger partial charge in [0, 0.05) is 38.2 Å². The Labute approximate surface area is 174 Å². The molecule has 160 valence electrons. The third kappa shape index (κ3) is 6.35. The van der Waals surface area contributed by atoms with Gasteiger partial charge in [-0.15, -0.1) is 0 Å². The zero-order valence-corrected chi connectivity index (χ0v) is 18.5. The van der Waals surface area contributed by atoms with Crippen LogP contribution in [-0.4, -0.2) is 66.2 Å². The second kappa shape index (κ2) is 9.82. The van der Waals surface area contributed by atoms with E-state index in [1.165, 1.54) is 5.56 Å². The average Bonchev–Trinajstić information content (AvgIpc) is 3.16. The highest BCUT2D eigenvalue weighted by Gasteiger charge is 2.26. The minimum absolute atomic E-state index is 0.255. The van der Waals surface area contributed by atoms with E-state index in [-0.39, 0.29) is 5.75 Å². The standard InChI is InChI=1S/C21H32N4O3S/c1-17(2)10-16-29(26,27)25-14-12-24(13-15-25)11-4-5-20-22-21(23-28-20)19-8-6-18(3)7-9-19/h6-9,17H,4-5,10-16H2,1-3H3. The number of benzene rings is 1. The van der Waals surface area contributed by atoms with E-state index < -0.39 is 10.0 Å². The zero-order chi connectivity index (χ0) is 20.9. The minimum Gasteiger partial charge on any atom is -0.339 e. The number of hydrogen-bond donors (Lipinski definition) is 0. The summed E-state index contributed by atoms with van der Waals surface area (Å²) < 4.78 is 31.9. The van der Waals surface area contributed by atoms with Crippen molar-refractivity contribution in [2.75, 3.05) is 38.5 Å². The molecule has 8 heteroatoms. The van der Waals surface area contributed by atoms with E-state index in [9.17, 15) is 8.42 Å². The van der Waals surface area contributed by atoms with E-state index in [0.717, 1.165) is 44.5 Å². The first-order valence-corrected chi connectivity index (χ1v) is 12.0. The van der Waals surface area contributed by atoms with Crippen molar-refractivity contribution in [2.45, 2.75) is 40.0 Å². The SMILES string of the molecule is Cc1ccc(-c2noc(CCCN3CCN(S(=O)(=O)CCC(C)C)CC3)n2)cc1. The highest BCUT2D eigenvalue weighted by molar-refractivity contribution is 7.89. The Bertz CT molecular complexity index is 870. The quantitative estimate of drug-likeness (QED) is 0.620. The minimum atomic E-state index is -3.12. The zero-order valence-electron chi connectivity index (χ0n) is 17.7. The summed E-state index contributed by atoms with van der Waals surface area (Å²) in [6, 6.07) is 8.07. The van der Waals surface area contributed by atoms with E-state index in [4.69, 9.17) is 4.52 Å². The van der Waals surface area contributed by atoms with Crippen LogP contribution in [0.3, 0.4) is 0 Å². The smallest absolute Gasteiger partial charge is 0.227 e. The third-order valence-corrected chi connectivity index (χ3v) is 7.22. The fourth-order valence-electron chi connectivity index (χ4n) is 3.38. The summed E-state index contributed by atoms with van der Waals surface area (Å²) in [5.41, 5.74) is 2.16. The van der Waals surface area contributed by atoms with Crippen LogP contribution < -0.4 is 0 Å². The first-order chi connectivity index (χ1) is 13.8. The van der Waals surface area contributed by atoms with E-state index in [2.05, 4.69) is 28.9 Å². The fourth-order valence-corrected chi connectivity index (χ4v) is 5.12. The highest BCUT2D eigenvalue weighted by atomic mass is 32.2. The van der Waals surface area contributed by atoms with Gasteiger partial charge in [0.25, 0.3) is 0 Å². The fraction of sp³-hybridized carbons (Fsp3) is 0.619. The molecule has 2 heterocycles. The van der Waals surface area contributed by atoms with Gasteiger partial charge in [0.05, 0.1) is 5.75 Å². The number of aromatic nitrogens is 2. The van der Waals surface area contributed by atoms with Gasteiger partial charge in [-0.2, -0.15) is 9.29 Å². The Hall–Kier alpha value is -1.77. The molecule has 1 aliphatic rings. The lowest BCUT2D eigenvalue weighted by Gasteiger charge is -2.34. The van der Waals surface area contributed by atoms with Crippen LogP contribution in [0.5, 0.6) is 0 Å². The lowest BCUT2D eigenvalue weighted by Crippen LogP contribution is -2.49. The highest BCUT2D eigenvalue weighted by Crippen LogP contribution is 2.17. The van der Waals surface area contributed by atoms with Gasteiger partial charge in [-0.3, -0.25) is 0 Å². The van der Waals surface area contributed by atoms with Gasteiger partial charge in [0.2, 0.25) is 21.7 Å². The van der Waals surface area contributed by atoms with Gasteiger partial charge in [-0.05, 0) is 32.2 Å². The van der Waals surface area contributed by atoms with Crippen LogP contribution in [-0.2, 0) is 16.4 Å². The molecule has 7 nitrogen and oxygen atoms in total. The van der Waals surface area contributed by atoms with Crippen LogP contribution in [0.4, 0.5) is 0 Å². The van der Waals surface area contributed by atoms with Crippen LogP contribution in [0.15, 0.2) is 28.8 Å². The monoisotopic (exact) mass is 420 g/mol.